The second kappa shape index (κ2) is 7.64. The normalized spacial score (nSPS) is 17.3. The lowest BCUT2D eigenvalue weighted by Gasteiger charge is -2.25. The van der Waals surface area contributed by atoms with E-state index in [2.05, 4.69) is 10.4 Å². The number of nitrogens with one attached hydrogen (secondary N) is 1. The number of thiol groups is 1. The third-order valence-electron chi connectivity index (χ3n) is 3.56. The molecule has 148 valence electrons. The zero-order valence-electron chi connectivity index (χ0n) is 13.5. The molecule has 1 aliphatic heterocycles. The van der Waals surface area contributed by atoms with Crippen LogP contribution in [0.3, 0.4) is 0 Å². The van der Waals surface area contributed by atoms with Crippen molar-refractivity contribution in [2.75, 3.05) is 23.3 Å². The van der Waals surface area contributed by atoms with Gasteiger partial charge in [-0.05, 0) is 12.1 Å². The predicted molar refractivity (Wildman–Crippen MR) is 94.7 cm³/mol. The average Bonchev–Trinajstić information content (AvgIpc) is 2.89. The van der Waals surface area contributed by atoms with E-state index < -0.39 is 46.3 Å². The number of carbonyl (C=O) groups excluding carboxylic acids is 1. The number of nitrogens with two attached hydrogens (primary N) is 1. The molecule has 1 aliphatic rings. The molecule has 0 radical (unpaired) electrons. The van der Waals surface area contributed by atoms with Crippen molar-refractivity contribution in [3.05, 3.63) is 23.5 Å². The van der Waals surface area contributed by atoms with E-state index in [1.807, 2.05) is 0 Å². The van der Waals surface area contributed by atoms with Gasteiger partial charge in [0, 0.05) is 18.3 Å². The number of amidine groups is 1. The van der Waals surface area contributed by atoms with Crippen molar-refractivity contribution < 1.29 is 30.8 Å². The highest BCUT2D eigenvalue weighted by atomic mass is 32.2. The molecule has 1 aromatic carbocycles. The van der Waals surface area contributed by atoms with Gasteiger partial charge in [-0.15, -0.1) is 5.10 Å². The molecule has 1 heterocycles. The number of nitrogens with zero attached hydrogens (tertiary/aromatic N) is 3. The van der Waals surface area contributed by atoms with Crippen LogP contribution < -0.4 is 16.1 Å². The fourth-order valence-electron chi connectivity index (χ4n) is 2.36. The van der Waals surface area contributed by atoms with Gasteiger partial charge < -0.3 is 16.0 Å². The molecule has 2 rings (SSSR count). The summed E-state index contributed by atoms with van der Waals surface area (Å²) < 4.78 is 75.2. The van der Waals surface area contributed by atoms with Crippen molar-refractivity contribution >= 4 is 51.4 Å². The minimum Gasteiger partial charge on any atom is -0.389 e. The lowest BCUT2D eigenvalue weighted by Crippen LogP contribution is -2.44. The summed E-state index contributed by atoms with van der Waals surface area (Å²) in [6.45, 7) is 0. The Bertz CT molecular complexity index is 879. The summed E-state index contributed by atoms with van der Waals surface area (Å²) in [6, 6.07) is 1.80. The molecule has 8 nitrogen and oxygen atoms in total. The average molecular weight is 427 g/mol. The number of aldehydes is 1. The Morgan fingerprint density at radius 3 is 2.56 bits per heavy atom. The SMILES string of the molecule is CN1C(C(F)(F)F)=NN(c2cc(NC[SH](=O)=O)c(C(N)=S)cc2F)C1C=O. The summed E-state index contributed by atoms with van der Waals surface area (Å²) >= 11 is 4.77. The summed E-state index contributed by atoms with van der Waals surface area (Å²) in [4.78, 5) is 11.5. The van der Waals surface area contributed by atoms with Crippen molar-refractivity contribution in [3.8, 4) is 0 Å². The number of rotatable bonds is 6. The highest BCUT2D eigenvalue weighted by molar-refractivity contribution is 7.80. The molecule has 3 N–H and O–H groups in total. The minimum atomic E-state index is -4.87. The smallest absolute Gasteiger partial charge is 0.389 e. The molecule has 0 aromatic heterocycles. The van der Waals surface area contributed by atoms with E-state index in [4.69, 9.17) is 18.0 Å². The van der Waals surface area contributed by atoms with Gasteiger partial charge in [0.1, 0.15) is 22.4 Å². The van der Waals surface area contributed by atoms with Crippen molar-refractivity contribution in [2.45, 2.75) is 12.3 Å². The third-order valence-corrected chi connectivity index (χ3v) is 4.19. The van der Waals surface area contributed by atoms with E-state index in [1.54, 1.807) is 0 Å². The number of thiocarbonyl (C=S) groups is 1. The van der Waals surface area contributed by atoms with Crippen LogP contribution >= 0.6 is 12.2 Å². The number of likely N-dealkylation sites (N-methyl/N-ethyl adjacent to an activating group) is 1. The number of halogens is 4. The zero-order chi connectivity index (χ0) is 20.5. The molecule has 0 spiro atoms. The summed E-state index contributed by atoms with van der Waals surface area (Å²) in [5, 5.41) is 6.28. The molecule has 0 bridgehead atoms. The van der Waals surface area contributed by atoms with E-state index in [-0.39, 0.29) is 22.5 Å². The molecule has 27 heavy (non-hydrogen) atoms. The Morgan fingerprint density at radius 2 is 2.07 bits per heavy atom. The number of alkyl halides is 3. The monoisotopic (exact) mass is 427 g/mol. The number of hydrogen-bond donors (Lipinski definition) is 3. The van der Waals surface area contributed by atoms with Gasteiger partial charge in [0.15, 0.2) is 23.2 Å². The minimum absolute atomic E-state index is 0.0407. The second-order valence-corrected chi connectivity index (χ2v) is 6.73. The molecule has 0 aliphatic carbocycles. The molecular weight excluding hydrogens is 414 g/mol. The first kappa shape index (κ1) is 20.8. The van der Waals surface area contributed by atoms with E-state index in [1.165, 1.54) is 0 Å². The van der Waals surface area contributed by atoms with E-state index in [0.717, 1.165) is 19.2 Å². The highest BCUT2D eigenvalue weighted by Crippen LogP contribution is 2.34. The third kappa shape index (κ3) is 4.27. The standard InChI is InChI=1S/C13H13F4N5O3S2/c1-21-10(4-23)22(20-12(21)13(15,16)17)9-3-8(19-5-27(24)25)6(11(18)26)2-7(9)14/h2-4,10,19,27H,5H2,1H3,(H2,18,26). The van der Waals surface area contributed by atoms with Crippen LogP contribution in [-0.2, 0) is 15.5 Å². The Morgan fingerprint density at radius 1 is 1.44 bits per heavy atom. The van der Waals surface area contributed by atoms with Gasteiger partial charge in [-0.25, -0.2) is 17.8 Å². The molecule has 0 saturated carbocycles. The molecule has 1 aromatic rings. The van der Waals surface area contributed by atoms with Gasteiger partial charge in [0.2, 0.25) is 5.84 Å². The first-order valence-electron chi connectivity index (χ1n) is 7.09. The van der Waals surface area contributed by atoms with Crippen LogP contribution in [0.5, 0.6) is 0 Å². The van der Waals surface area contributed by atoms with Gasteiger partial charge in [-0.2, -0.15) is 13.2 Å². The Labute approximate surface area is 157 Å². The van der Waals surface area contributed by atoms with Gasteiger partial charge in [0.05, 0.1) is 0 Å². The quantitative estimate of drug-likeness (QED) is 0.262. The summed E-state index contributed by atoms with van der Waals surface area (Å²) in [5.41, 5.74) is 4.87. The van der Waals surface area contributed by atoms with Crippen molar-refractivity contribution in [3.63, 3.8) is 0 Å². The largest absolute Gasteiger partial charge is 0.451 e. The number of hydrazone groups is 1. The maximum absolute atomic E-state index is 14.5. The second-order valence-electron chi connectivity index (χ2n) is 5.31. The summed E-state index contributed by atoms with van der Waals surface area (Å²) in [6.07, 6.45) is -6.27. The lowest BCUT2D eigenvalue weighted by molar-refractivity contribution is -0.111. The van der Waals surface area contributed by atoms with Crippen molar-refractivity contribution in [1.29, 1.82) is 0 Å². The molecule has 1 unspecified atom stereocenters. The van der Waals surface area contributed by atoms with Crippen LogP contribution in [0, 0.1) is 5.82 Å². The van der Waals surface area contributed by atoms with E-state index >= 15 is 0 Å². The maximum Gasteiger partial charge on any atom is 0.451 e. The first-order chi connectivity index (χ1) is 12.5. The topological polar surface area (TPSA) is 108 Å². The van der Waals surface area contributed by atoms with Gasteiger partial charge in [-0.3, -0.25) is 4.79 Å². The molecule has 0 saturated heterocycles. The molecule has 0 fully saturated rings. The highest BCUT2D eigenvalue weighted by Gasteiger charge is 2.47. The first-order valence-corrected chi connectivity index (χ1v) is 8.86. The van der Waals surface area contributed by atoms with Gasteiger partial charge in [-0.1, -0.05) is 12.2 Å². The summed E-state index contributed by atoms with van der Waals surface area (Å²) in [7, 11) is -1.89. The van der Waals surface area contributed by atoms with Crippen LogP contribution in [0.15, 0.2) is 17.2 Å². The number of carbonyl (C=O) groups is 1. The predicted octanol–water partition coefficient (Wildman–Crippen LogP) is 0.593. The fraction of sp³-hybridized carbons (Fsp3) is 0.308. The maximum atomic E-state index is 14.5. The van der Waals surface area contributed by atoms with Crippen molar-refractivity contribution in [2.24, 2.45) is 10.8 Å². The number of anilines is 2. The molecule has 0 amide bonds. The van der Waals surface area contributed by atoms with Crippen molar-refractivity contribution in [1.82, 2.24) is 4.90 Å². The Kier molecular flexibility index (Phi) is 5.89. The van der Waals surface area contributed by atoms with Crippen LogP contribution in [0.4, 0.5) is 28.9 Å². The summed E-state index contributed by atoms with van der Waals surface area (Å²) in [5.74, 6) is -3.00. The van der Waals surface area contributed by atoms with Crippen LogP contribution in [0.1, 0.15) is 5.56 Å². The fourth-order valence-corrected chi connectivity index (χ4v) is 2.83. The van der Waals surface area contributed by atoms with Crippen LogP contribution in [0.25, 0.3) is 0 Å². The number of hydrogen-bond acceptors (Lipinski definition) is 8. The van der Waals surface area contributed by atoms with E-state index in [0.29, 0.717) is 9.91 Å². The van der Waals surface area contributed by atoms with Crippen LogP contribution in [-0.4, -0.2) is 55.7 Å². The zero-order valence-corrected chi connectivity index (χ0v) is 15.2. The molecule has 14 heteroatoms. The Balaban J connectivity index is 2.59. The van der Waals surface area contributed by atoms with Gasteiger partial charge in [0.25, 0.3) is 0 Å². The van der Waals surface area contributed by atoms with Crippen LogP contribution in [0.2, 0.25) is 0 Å². The molecular formula is C13H13F4N5O3S2. The lowest BCUT2D eigenvalue weighted by atomic mass is 10.1. The molecule has 1 atom stereocenters. The Hall–Kier alpha value is -2.48. The number of benzene rings is 1. The van der Waals surface area contributed by atoms with Gasteiger partial charge >= 0.3 is 6.18 Å². The van der Waals surface area contributed by atoms with E-state index in [9.17, 15) is 30.8 Å².